The van der Waals surface area contributed by atoms with Gasteiger partial charge < -0.3 is 15.2 Å². The lowest BCUT2D eigenvalue weighted by Crippen LogP contribution is -2.35. The summed E-state index contributed by atoms with van der Waals surface area (Å²) in [7, 11) is -3.58. The third-order valence-corrected chi connectivity index (χ3v) is 6.47. The van der Waals surface area contributed by atoms with Crippen LogP contribution in [0.3, 0.4) is 0 Å². The molecule has 10 heteroatoms. The number of halogens is 3. The first kappa shape index (κ1) is 25.3. The molecule has 1 unspecified atom stereocenters. The van der Waals surface area contributed by atoms with E-state index in [0.717, 1.165) is 24.3 Å². The molecule has 6 nitrogen and oxygen atoms in total. The zero-order valence-corrected chi connectivity index (χ0v) is 18.6. The highest BCUT2D eigenvalue weighted by molar-refractivity contribution is 7.90. The van der Waals surface area contributed by atoms with Crippen LogP contribution in [0.5, 0.6) is 5.75 Å². The first-order chi connectivity index (χ1) is 16.0. The third-order valence-electron chi connectivity index (χ3n) is 4.77. The number of sulfone groups is 1. The molecule has 180 valence electrons. The van der Waals surface area contributed by atoms with E-state index in [0.29, 0.717) is 5.56 Å². The van der Waals surface area contributed by atoms with Gasteiger partial charge in [-0.25, -0.2) is 8.42 Å². The number of amides is 1. The van der Waals surface area contributed by atoms with Gasteiger partial charge in [-0.1, -0.05) is 30.3 Å². The molecular weight excluding hydrogens is 471 g/mol. The van der Waals surface area contributed by atoms with Crippen molar-refractivity contribution < 1.29 is 36.2 Å². The van der Waals surface area contributed by atoms with Crippen LogP contribution < -0.4 is 10.1 Å². The number of nitrogens with one attached hydrogen (secondary N) is 1. The summed E-state index contributed by atoms with van der Waals surface area (Å²) in [6, 6.07) is 18.1. The number of rotatable bonds is 9. The van der Waals surface area contributed by atoms with Crippen molar-refractivity contribution in [3.63, 3.8) is 0 Å². The summed E-state index contributed by atoms with van der Waals surface area (Å²) in [4.78, 5) is 12.6. The summed E-state index contributed by atoms with van der Waals surface area (Å²) in [6.45, 7) is -0.424. The fourth-order valence-corrected chi connectivity index (χ4v) is 4.39. The number of hydrogen-bond acceptors (Lipinski definition) is 5. The molecular formula is C24H22F3NO5S. The van der Waals surface area contributed by atoms with E-state index in [-0.39, 0.29) is 35.1 Å². The summed E-state index contributed by atoms with van der Waals surface area (Å²) in [5.74, 6) is -0.653. The average Bonchev–Trinajstić information content (AvgIpc) is 2.81. The van der Waals surface area contributed by atoms with E-state index in [2.05, 4.69) is 5.32 Å². The minimum absolute atomic E-state index is 0.144. The standard InChI is InChI=1S/C24H22F3NO5S/c25-24(26,27)19-9-11-21(12-10-19)33-15-20(29)14-28-23(30)18-6-4-5-17(13-18)16-34(31,32)22-7-2-1-3-8-22/h1-13,20,29H,14-16H2,(H,28,30). The maximum atomic E-state index is 12.6. The van der Waals surface area contributed by atoms with Gasteiger partial charge in [0.1, 0.15) is 18.5 Å². The van der Waals surface area contributed by atoms with E-state index in [1.54, 1.807) is 30.3 Å². The van der Waals surface area contributed by atoms with E-state index >= 15 is 0 Å². The smallest absolute Gasteiger partial charge is 0.416 e. The molecule has 1 atom stereocenters. The molecule has 2 N–H and O–H groups in total. The molecule has 0 aliphatic heterocycles. The minimum Gasteiger partial charge on any atom is -0.491 e. The molecule has 0 aliphatic rings. The molecule has 1 amide bonds. The lowest BCUT2D eigenvalue weighted by atomic mass is 10.1. The van der Waals surface area contributed by atoms with Gasteiger partial charge in [-0.2, -0.15) is 13.2 Å². The van der Waals surface area contributed by atoms with Crippen molar-refractivity contribution in [2.45, 2.75) is 22.9 Å². The van der Waals surface area contributed by atoms with Crippen LogP contribution in [0.15, 0.2) is 83.8 Å². The molecule has 0 bridgehead atoms. The monoisotopic (exact) mass is 493 g/mol. The van der Waals surface area contributed by atoms with Crippen molar-refractivity contribution >= 4 is 15.7 Å². The first-order valence-electron chi connectivity index (χ1n) is 10.2. The summed E-state index contributed by atoms with van der Waals surface area (Å²) in [5, 5.41) is 12.5. The van der Waals surface area contributed by atoms with Gasteiger partial charge in [-0.15, -0.1) is 0 Å². The van der Waals surface area contributed by atoms with Crippen LogP contribution >= 0.6 is 0 Å². The number of ether oxygens (including phenoxy) is 1. The summed E-state index contributed by atoms with van der Waals surface area (Å²) in [5.41, 5.74) is -0.161. The second-order valence-corrected chi connectivity index (χ2v) is 9.46. The molecule has 3 aromatic carbocycles. The molecule has 0 aromatic heterocycles. The summed E-state index contributed by atoms with van der Waals surface area (Å²) in [6.07, 6.45) is -5.57. The van der Waals surface area contributed by atoms with Crippen LogP contribution in [-0.2, 0) is 21.8 Å². The van der Waals surface area contributed by atoms with Crippen molar-refractivity contribution in [1.29, 1.82) is 0 Å². The second kappa shape index (κ2) is 10.7. The van der Waals surface area contributed by atoms with Crippen LogP contribution in [0.1, 0.15) is 21.5 Å². The van der Waals surface area contributed by atoms with E-state index in [1.165, 1.54) is 24.3 Å². The van der Waals surface area contributed by atoms with Gasteiger partial charge in [0.25, 0.3) is 5.91 Å². The van der Waals surface area contributed by atoms with Crippen molar-refractivity contribution in [3.05, 3.63) is 95.6 Å². The number of aliphatic hydroxyl groups excluding tert-OH is 1. The zero-order valence-electron chi connectivity index (χ0n) is 17.8. The predicted molar refractivity (Wildman–Crippen MR) is 119 cm³/mol. The lowest BCUT2D eigenvalue weighted by Gasteiger charge is -2.14. The minimum atomic E-state index is -4.45. The fourth-order valence-electron chi connectivity index (χ4n) is 3.04. The molecule has 0 heterocycles. The summed E-state index contributed by atoms with van der Waals surface area (Å²) < 4.78 is 68.1. The number of hydrogen-bond donors (Lipinski definition) is 2. The van der Waals surface area contributed by atoms with Gasteiger partial charge in [-0.3, -0.25) is 4.79 Å². The number of alkyl halides is 3. The van der Waals surface area contributed by atoms with E-state index in [1.807, 2.05) is 0 Å². The van der Waals surface area contributed by atoms with Crippen LogP contribution in [0.25, 0.3) is 0 Å². The quantitative estimate of drug-likeness (QED) is 0.473. The van der Waals surface area contributed by atoms with Gasteiger partial charge in [-0.05, 0) is 54.1 Å². The van der Waals surface area contributed by atoms with Crippen molar-refractivity contribution in [1.82, 2.24) is 5.32 Å². The Labute approximate surface area is 194 Å². The number of carbonyl (C=O) groups excluding carboxylic acids is 1. The van der Waals surface area contributed by atoms with Crippen molar-refractivity contribution in [2.75, 3.05) is 13.2 Å². The average molecular weight is 494 g/mol. The SMILES string of the molecule is O=C(NCC(O)COc1ccc(C(F)(F)F)cc1)c1cccc(CS(=O)(=O)c2ccccc2)c1. The fraction of sp³-hybridized carbons (Fsp3) is 0.208. The zero-order chi connectivity index (χ0) is 24.8. The molecule has 0 saturated heterocycles. The van der Waals surface area contributed by atoms with Gasteiger partial charge in [0.05, 0.1) is 16.2 Å². The highest BCUT2D eigenvalue weighted by atomic mass is 32.2. The van der Waals surface area contributed by atoms with Gasteiger partial charge in [0, 0.05) is 12.1 Å². The first-order valence-corrected chi connectivity index (χ1v) is 11.8. The van der Waals surface area contributed by atoms with Crippen molar-refractivity contribution in [2.24, 2.45) is 0 Å². The van der Waals surface area contributed by atoms with Crippen LogP contribution in [-0.4, -0.2) is 38.7 Å². The second-order valence-electron chi connectivity index (χ2n) is 7.47. The molecule has 0 radical (unpaired) electrons. The van der Waals surface area contributed by atoms with Crippen LogP contribution in [0.4, 0.5) is 13.2 Å². The molecule has 0 spiro atoms. The Kier molecular flexibility index (Phi) is 7.95. The Balaban J connectivity index is 1.52. The molecule has 3 aromatic rings. The Morgan fingerprint density at radius 3 is 2.29 bits per heavy atom. The van der Waals surface area contributed by atoms with Gasteiger partial charge in [0.2, 0.25) is 0 Å². The Morgan fingerprint density at radius 1 is 0.971 bits per heavy atom. The largest absolute Gasteiger partial charge is 0.491 e. The maximum Gasteiger partial charge on any atom is 0.416 e. The van der Waals surface area contributed by atoms with Crippen LogP contribution in [0.2, 0.25) is 0 Å². The predicted octanol–water partition coefficient (Wildman–Crippen LogP) is 3.85. The number of aliphatic hydroxyl groups is 1. The van der Waals surface area contributed by atoms with Crippen molar-refractivity contribution in [3.8, 4) is 5.75 Å². The molecule has 0 aliphatic carbocycles. The molecule has 0 saturated carbocycles. The molecule has 34 heavy (non-hydrogen) atoms. The Morgan fingerprint density at radius 2 is 1.65 bits per heavy atom. The topological polar surface area (TPSA) is 92.7 Å². The van der Waals surface area contributed by atoms with E-state index < -0.39 is 33.6 Å². The highest BCUT2D eigenvalue weighted by Gasteiger charge is 2.30. The third kappa shape index (κ3) is 7.06. The van der Waals surface area contributed by atoms with E-state index in [9.17, 15) is 31.5 Å². The van der Waals surface area contributed by atoms with Gasteiger partial charge in [0.15, 0.2) is 9.84 Å². The lowest BCUT2D eigenvalue weighted by molar-refractivity contribution is -0.137. The normalized spacial score (nSPS) is 12.7. The summed E-state index contributed by atoms with van der Waals surface area (Å²) >= 11 is 0. The van der Waals surface area contributed by atoms with E-state index in [4.69, 9.17) is 4.74 Å². The number of benzene rings is 3. The highest BCUT2D eigenvalue weighted by Crippen LogP contribution is 2.30. The van der Waals surface area contributed by atoms with Gasteiger partial charge >= 0.3 is 6.18 Å². The van der Waals surface area contributed by atoms with Crippen LogP contribution in [0, 0.1) is 0 Å². The Hall–Kier alpha value is -3.37. The maximum absolute atomic E-state index is 12.6. The molecule has 0 fully saturated rings. The molecule has 3 rings (SSSR count). The number of carbonyl (C=O) groups is 1. The Bertz CT molecular complexity index is 1210.